The van der Waals surface area contributed by atoms with Gasteiger partial charge in [-0.25, -0.2) is 4.98 Å². The first-order chi connectivity index (χ1) is 15.6. The molecule has 0 saturated carbocycles. The molecule has 0 aliphatic heterocycles. The van der Waals surface area contributed by atoms with Crippen molar-refractivity contribution in [2.75, 3.05) is 0 Å². The van der Waals surface area contributed by atoms with Crippen LogP contribution in [0.25, 0.3) is 28.8 Å². The number of ketones is 1. The Hall–Kier alpha value is -4.58. The molecule has 0 atom stereocenters. The number of benzene rings is 3. The number of aliphatic imine (C=N–C) groups is 1. The van der Waals surface area contributed by atoms with Gasteiger partial charge < -0.3 is 10.1 Å². The van der Waals surface area contributed by atoms with Crippen molar-refractivity contribution in [3.8, 4) is 0 Å². The minimum Gasteiger partial charge on any atom is -0.506 e. The summed E-state index contributed by atoms with van der Waals surface area (Å²) in [6, 6.07) is 21.5. The lowest BCUT2D eigenvalue weighted by Gasteiger charge is -2.00. The first-order valence-electron chi connectivity index (χ1n) is 9.99. The van der Waals surface area contributed by atoms with E-state index in [0.717, 1.165) is 5.56 Å². The van der Waals surface area contributed by atoms with Crippen LogP contribution in [0.1, 0.15) is 27.3 Å². The van der Waals surface area contributed by atoms with Gasteiger partial charge in [-0.05, 0) is 35.9 Å². The maximum atomic E-state index is 12.5. The largest absolute Gasteiger partial charge is 0.506 e. The molecular weight excluding hydrogens is 402 g/mol. The minimum atomic E-state index is -0.246. The quantitative estimate of drug-likeness (QED) is 0.457. The summed E-state index contributed by atoms with van der Waals surface area (Å²) in [5.74, 6) is 0.146. The number of fused-ring (bicyclic) bond motifs is 2. The normalized spacial score (nSPS) is 13.6. The van der Waals surface area contributed by atoms with Crippen molar-refractivity contribution in [2.45, 2.75) is 0 Å². The number of nitrogens with one attached hydrogen (secondary N) is 1. The van der Waals surface area contributed by atoms with Crippen molar-refractivity contribution in [2.24, 2.45) is 4.99 Å². The molecule has 1 aliphatic rings. The van der Waals surface area contributed by atoms with Gasteiger partial charge in [-0.2, -0.15) is 0 Å². The van der Waals surface area contributed by atoms with Gasteiger partial charge in [0.05, 0.1) is 22.2 Å². The lowest BCUT2D eigenvalue weighted by atomic mass is 10.1. The van der Waals surface area contributed by atoms with Gasteiger partial charge in [0, 0.05) is 17.3 Å². The van der Waals surface area contributed by atoms with Gasteiger partial charge in [-0.15, -0.1) is 0 Å². The lowest BCUT2D eigenvalue weighted by Crippen LogP contribution is -2.09. The zero-order chi connectivity index (χ0) is 22.1. The highest BCUT2D eigenvalue weighted by Gasteiger charge is 2.27. The van der Waals surface area contributed by atoms with Crippen molar-refractivity contribution in [3.05, 3.63) is 111 Å². The average molecular weight is 419 g/mol. The number of aromatic nitrogens is 2. The molecular formula is C26H17N3O3. The summed E-state index contributed by atoms with van der Waals surface area (Å²) in [6.45, 7) is 0. The third kappa shape index (κ3) is 3.54. The number of aliphatic hydroxyl groups excluding tert-OH is 1. The van der Waals surface area contributed by atoms with Crippen molar-refractivity contribution in [3.63, 3.8) is 0 Å². The standard InChI is InChI=1S/C26H17N3O3/c30-24-18-8-1-2-9-19(18)25(31)21(24)15-27-17-7-5-6-16(14-17)12-13-23-28-22-11-4-3-10-20(22)26(32)29-23/h1-15,30H,(H,28,29,32)/b13-12+,27-15?. The third-order valence-electron chi connectivity index (χ3n) is 5.20. The predicted molar refractivity (Wildman–Crippen MR) is 126 cm³/mol. The molecule has 2 N–H and O–H groups in total. The van der Waals surface area contributed by atoms with Crippen molar-refractivity contribution in [1.82, 2.24) is 9.97 Å². The molecule has 32 heavy (non-hydrogen) atoms. The van der Waals surface area contributed by atoms with Crippen LogP contribution in [0.2, 0.25) is 0 Å². The highest BCUT2D eigenvalue weighted by molar-refractivity contribution is 6.30. The second-order valence-corrected chi connectivity index (χ2v) is 7.29. The van der Waals surface area contributed by atoms with Gasteiger partial charge in [0.2, 0.25) is 0 Å². The van der Waals surface area contributed by atoms with Crippen molar-refractivity contribution in [1.29, 1.82) is 0 Å². The molecule has 4 aromatic rings. The number of para-hydroxylation sites is 1. The number of carbonyl (C=O) groups is 1. The van der Waals surface area contributed by atoms with E-state index >= 15 is 0 Å². The highest BCUT2D eigenvalue weighted by Crippen LogP contribution is 2.30. The van der Waals surface area contributed by atoms with Crippen LogP contribution in [-0.4, -0.2) is 27.1 Å². The summed E-state index contributed by atoms with van der Waals surface area (Å²) in [6.07, 6.45) is 4.93. The van der Waals surface area contributed by atoms with E-state index in [1.54, 1.807) is 54.6 Å². The molecule has 1 aromatic heterocycles. The number of aliphatic hydroxyl groups is 1. The molecule has 1 aliphatic carbocycles. The Balaban J connectivity index is 1.40. The number of nitrogens with zero attached hydrogens (tertiary/aromatic N) is 2. The maximum absolute atomic E-state index is 12.5. The molecule has 154 valence electrons. The number of allylic oxidation sites excluding steroid dienone is 1. The molecule has 6 heteroatoms. The Morgan fingerprint density at radius 1 is 0.875 bits per heavy atom. The van der Waals surface area contributed by atoms with Gasteiger partial charge >= 0.3 is 0 Å². The molecule has 5 rings (SSSR count). The Morgan fingerprint density at radius 2 is 1.66 bits per heavy atom. The van der Waals surface area contributed by atoms with Gasteiger partial charge in [-0.1, -0.05) is 54.6 Å². The summed E-state index contributed by atoms with van der Waals surface area (Å²) >= 11 is 0. The van der Waals surface area contributed by atoms with Crippen LogP contribution in [0.3, 0.4) is 0 Å². The zero-order valence-electron chi connectivity index (χ0n) is 16.8. The number of rotatable bonds is 4. The highest BCUT2D eigenvalue weighted by atomic mass is 16.3. The summed E-state index contributed by atoms with van der Waals surface area (Å²) < 4.78 is 0. The maximum Gasteiger partial charge on any atom is 0.259 e. The number of H-pyrrole nitrogens is 1. The molecule has 0 unspecified atom stereocenters. The molecule has 3 aromatic carbocycles. The van der Waals surface area contributed by atoms with Crippen LogP contribution in [0.5, 0.6) is 0 Å². The monoisotopic (exact) mass is 419 g/mol. The SMILES string of the molecule is O=C1C(C=Nc2cccc(/C=C/c3nc4ccccc4c(=O)[nH]3)c2)=C(O)c2ccccc21. The Labute approximate surface area is 182 Å². The van der Waals surface area contributed by atoms with E-state index in [-0.39, 0.29) is 22.7 Å². The second kappa shape index (κ2) is 7.92. The summed E-state index contributed by atoms with van der Waals surface area (Å²) in [4.78, 5) is 36.3. The van der Waals surface area contributed by atoms with Gasteiger partial charge in [0.25, 0.3) is 5.56 Å². The van der Waals surface area contributed by atoms with Gasteiger partial charge in [0.15, 0.2) is 5.78 Å². The van der Waals surface area contributed by atoms with E-state index in [9.17, 15) is 14.7 Å². The van der Waals surface area contributed by atoms with E-state index in [2.05, 4.69) is 15.0 Å². The van der Waals surface area contributed by atoms with E-state index in [1.807, 2.05) is 30.3 Å². The first kappa shape index (κ1) is 19.4. The van der Waals surface area contributed by atoms with E-state index in [0.29, 0.717) is 33.5 Å². The van der Waals surface area contributed by atoms with E-state index < -0.39 is 0 Å². The number of hydrogen-bond donors (Lipinski definition) is 2. The molecule has 0 spiro atoms. The van der Waals surface area contributed by atoms with Crippen LogP contribution >= 0.6 is 0 Å². The first-order valence-corrected chi connectivity index (χ1v) is 9.99. The Morgan fingerprint density at radius 3 is 2.50 bits per heavy atom. The molecule has 0 saturated heterocycles. The fourth-order valence-corrected chi connectivity index (χ4v) is 3.61. The van der Waals surface area contributed by atoms with Crippen LogP contribution in [0.15, 0.2) is 88.2 Å². The predicted octanol–water partition coefficient (Wildman–Crippen LogP) is 4.96. The number of Topliss-reactive ketones (excluding diaryl/α,β-unsaturated/α-hetero) is 1. The number of aromatic amines is 1. The van der Waals surface area contributed by atoms with E-state index in [1.165, 1.54) is 6.21 Å². The molecule has 0 bridgehead atoms. The lowest BCUT2D eigenvalue weighted by molar-refractivity contribution is 0.104. The number of carbonyl (C=O) groups excluding carboxylic acids is 1. The van der Waals surface area contributed by atoms with E-state index in [4.69, 9.17) is 0 Å². The molecule has 6 nitrogen and oxygen atoms in total. The summed E-state index contributed by atoms with van der Waals surface area (Å²) in [5, 5.41) is 10.9. The molecule has 0 radical (unpaired) electrons. The topological polar surface area (TPSA) is 95.4 Å². The van der Waals surface area contributed by atoms with Gasteiger partial charge in [-0.3, -0.25) is 14.6 Å². The number of hydrogen-bond acceptors (Lipinski definition) is 5. The Kier molecular flexibility index (Phi) is 4.80. The summed E-state index contributed by atoms with van der Waals surface area (Å²) in [7, 11) is 0. The fourth-order valence-electron chi connectivity index (χ4n) is 3.61. The smallest absolute Gasteiger partial charge is 0.259 e. The molecule has 1 heterocycles. The second-order valence-electron chi connectivity index (χ2n) is 7.29. The van der Waals surface area contributed by atoms with Crippen LogP contribution in [-0.2, 0) is 0 Å². The van der Waals surface area contributed by atoms with Crippen molar-refractivity contribution >= 4 is 46.5 Å². The van der Waals surface area contributed by atoms with Crippen LogP contribution in [0, 0.1) is 0 Å². The van der Waals surface area contributed by atoms with Crippen LogP contribution in [0.4, 0.5) is 5.69 Å². The average Bonchev–Trinajstić information content (AvgIpc) is 3.06. The molecule has 0 amide bonds. The third-order valence-corrected chi connectivity index (χ3v) is 5.20. The Bertz CT molecular complexity index is 1530. The summed E-state index contributed by atoms with van der Waals surface area (Å²) in [5.41, 5.74) is 3.07. The zero-order valence-corrected chi connectivity index (χ0v) is 16.8. The molecule has 0 fully saturated rings. The fraction of sp³-hybridized carbons (Fsp3) is 0. The van der Waals surface area contributed by atoms with Crippen molar-refractivity contribution < 1.29 is 9.90 Å². The van der Waals surface area contributed by atoms with Gasteiger partial charge in [0.1, 0.15) is 11.6 Å². The van der Waals surface area contributed by atoms with Crippen LogP contribution < -0.4 is 5.56 Å². The minimum absolute atomic E-state index is 0.0586.